The zero-order valence-electron chi connectivity index (χ0n) is 20.4. The van der Waals surface area contributed by atoms with E-state index >= 15 is 0 Å². The Bertz CT molecular complexity index is 1280. The van der Waals surface area contributed by atoms with Crippen LogP contribution in [0.3, 0.4) is 0 Å². The van der Waals surface area contributed by atoms with E-state index in [4.69, 9.17) is 9.90 Å². The molecule has 10 heteroatoms. The molecule has 37 heavy (non-hydrogen) atoms. The highest BCUT2D eigenvalue weighted by Crippen LogP contribution is 2.25. The Kier molecular flexibility index (Phi) is 8.88. The van der Waals surface area contributed by atoms with Gasteiger partial charge in [0.15, 0.2) is 0 Å². The first-order valence-electron chi connectivity index (χ1n) is 11.7. The first-order valence-corrected chi connectivity index (χ1v) is 11.7. The predicted molar refractivity (Wildman–Crippen MR) is 134 cm³/mol. The molecule has 4 N–H and O–H groups in total. The molecule has 1 unspecified atom stereocenters. The number of carboxylic acid groups (broad SMARTS) is 1. The second-order valence-electron chi connectivity index (χ2n) is 8.78. The molecule has 0 aliphatic carbocycles. The van der Waals surface area contributed by atoms with Crippen LogP contribution in [0.1, 0.15) is 40.9 Å². The van der Waals surface area contributed by atoms with Crippen LogP contribution >= 0.6 is 0 Å². The molecule has 1 aliphatic heterocycles. The van der Waals surface area contributed by atoms with Gasteiger partial charge in [-0.05, 0) is 60.8 Å². The van der Waals surface area contributed by atoms with Crippen LogP contribution in [-0.2, 0) is 9.59 Å². The largest absolute Gasteiger partial charge is 0.490 e. The summed E-state index contributed by atoms with van der Waals surface area (Å²) in [7, 11) is 0. The number of carbonyl (C=O) groups is 3. The van der Waals surface area contributed by atoms with E-state index in [0.29, 0.717) is 17.8 Å². The van der Waals surface area contributed by atoms with E-state index in [1.54, 1.807) is 6.07 Å². The highest BCUT2D eigenvalue weighted by Gasteiger charge is 2.38. The fourth-order valence-electron chi connectivity index (χ4n) is 4.05. The molecule has 0 spiro atoms. The third-order valence-corrected chi connectivity index (χ3v) is 6.06. The average Bonchev–Trinajstić information content (AvgIpc) is 3.40. The average molecular weight is 516 g/mol. The molecule has 0 saturated carbocycles. The summed E-state index contributed by atoms with van der Waals surface area (Å²) in [4.78, 5) is 34.4. The molecule has 7 nitrogen and oxygen atoms in total. The Hall–Kier alpha value is -3.92. The molecule has 0 bridgehead atoms. The number of rotatable bonds is 5. The summed E-state index contributed by atoms with van der Waals surface area (Å²) in [5.74, 6) is -2.92. The molecule has 1 fully saturated rings. The Morgan fingerprint density at radius 3 is 2.38 bits per heavy atom. The lowest BCUT2D eigenvalue weighted by Gasteiger charge is -2.18. The number of benzene rings is 3. The van der Waals surface area contributed by atoms with Gasteiger partial charge in [-0.3, -0.25) is 9.59 Å². The van der Waals surface area contributed by atoms with Gasteiger partial charge < -0.3 is 21.1 Å². The molecule has 0 aromatic heterocycles. The van der Waals surface area contributed by atoms with E-state index in [9.17, 15) is 22.8 Å². The summed E-state index contributed by atoms with van der Waals surface area (Å²) < 4.78 is 31.7. The van der Waals surface area contributed by atoms with Gasteiger partial charge in [-0.15, -0.1) is 0 Å². The van der Waals surface area contributed by atoms with Gasteiger partial charge in [-0.25, -0.2) is 4.79 Å². The topological polar surface area (TPSA) is 108 Å². The van der Waals surface area contributed by atoms with Gasteiger partial charge in [0, 0.05) is 17.8 Å². The summed E-state index contributed by atoms with van der Waals surface area (Å²) in [6, 6.07) is 19.6. The maximum absolute atomic E-state index is 13.0. The molecule has 1 aliphatic rings. The summed E-state index contributed by atoms with van der Waals surface area (Å²) >= 11 is 0. The number of alkyl halides is 3. The van der Waals surface area contributed by atoms with Crippen molar-refractivity contribution in [1.82, 2.24) is 10.6 Å². The summed E-state index contributed by atoms with van der Waals surface area (Å²) in [5, 5.41) is 18.7. The van der Waals surface area contributed by atoms with Crippen molar-refractivity contribution < 1.29 is 32.7 Å². The highest BCUT2D eigenvalue weighted by atomic mass is 19.4. The molecule has 2 atom stereocenters. The number of hydrogen-bond acceptors (Lipinski definition) is 4. The minimum atomic E-state index is -5.08. The third kappa shape index (κ3) is 7.29. The number of amides is 2. The SMILES string of the molecule is Cc1ccc(NC(=O)C2CCNC2)cc1C(=O)N[C@H](C)c1cccc2ccccc12.O=C(O)C(F)(F)F. The first kappa shape index (κ1) is 27.7. The van der Waals surface area contributed by atoms with Crippen LogP contribution in [0.2, 0.25) is 0 Å². The number of hydrogen-bond donors (Lipinski definition) is 4. The molecule has 4 rings (SSSR count). The smallest absolute Gasteiger partial charge is 0.475 e. The van der Waals surface area contributed by atoms with Crippen molar-refractivity contribution >= 4 is 34.2 Å². The van der Waals surface area contributed by atoms with Gasteiger partial charge in [-0.1, -0.05) is 48.5 Å². The Balaban J connectivity index is 0.000000479. The van der Waals surface area contributed by atoms with Crippen molar-refractivity contribution in [3.63, 3.8) is 0 Å². The van der Waals surface area contributed by atoms with Crippen molar-refractivity contribution in [2.45, 2.75) is 32.5 Å². The van der Waals surface area contributed by atoms with Crippen LogP contribution in [-0.4, -0.2) is 42.2 Å². The molecule has 1 saturated heterocycles. The number of carbonyl (C=O) groups excluding carboxylic acids is 2. The minimum absolute atomic E-state index is 0.000616. The van der Waals surface area contributed by atoms with Crippen molar-refractivity contribution in [3.05, 3.63) is 77.4 Å². The molecule has 3 aromatic rings. The number of carboxylic acids is 1. The Morgan fingerprint density at radius 2 is 1.73 bits per heavy atom. The highest BCUT2D eigenvalue weighted by molar-refractivity contribution is 5.99. The van der Waals surface area contributed by atoms with E-state index in [0.717, 1.165) is 34.9 Å². The number of halogens is 3. The molecule has 2 amide bonds. The fourth-order valence-corrected chi connectivity index (χ4v) is 4.05. The lowest BCUT2D eigenvalue weighted by molar-refractivity contribution is -0.192. The Labute approximate surface area is 212 Å². The van der Waals surface area contributed by atoms with E-state index in [2.05, 4.69) is 34.1 Å². The second-order valence-corrected chi connectivity index (χ2v) is 8.78. The van der Waals surface area contributed by atoms with Crippen molar-refractivity contribution in [1.29, 1.82) is 0 Å². The first-order chi connectivity index (χ1) is 17.5. The summed E-state index contributed by atoms with van der Waals surface area (Å²) in [6.07, 6.45) is -4.24. The lowest BCUT2D eigenvalue weighted by Crippen LogP contribution is -2.28. The van der Waals surface area contributed by atoms with E-state index in [1.807, 2.05) is 50.2 Å². The van der Waals surface area contributed by atoms with Gasteiger partial charge in [0.1, 0.15) is 0 Å². The van der Waals surface area contributed by atoms with Crippen LogP contribution < -0.4 is 16.0 Å². The van der Waals surface area contributed by atoms with Crippen LogP contribution in [0.15, 0.2) is 60.7 Å². The molecule has 196 valence electrons. The normalized spacial score (nSPS) is 15.9. The molecule has 1 heterocycles. The molecular weight excluding hydrogens is 487 g/mol. The second kappa shape index (κ2) is 11.9. The van der Waals surface area contributed by atoms with Gasteiger partial charge >= 0.3 is 12.1 Å². The van der Waals surface area contributed by atoms with Crippen LogP contribution in [0.25, 0.3) is 10.8 Å². The quantitative estimate of drug-likeness (QED) is 0.390. The number of aliphatic carboxylic acids is 1. The van der Waals surface area contributed by atoms with E-state index in [1.165, 1.54) is 0 Å². The lowest BCUT2D eigenvalue weighted by atomic mass is 9.99. The summed E-state index contributed by atoms with van der Waals surface area (Å²) in [6.45, 7) is 5.47. The summed E-state index contributed by atoms with van der Waals surface area (Å²) in [5.41, 5.74) is 3.18. The van der Waals surface area contributed by atoms with Gasteiger partial charge in [0.2, 0.25) is 5.91 Å². The maximum Gasteiger partial charge on any atom is 0.490 e. The van der Waals surface area contributed by atoms with Crippen LogP contribution in [0.5, 0.6) is 0 Å². The van der Waals surface area contributed by atoms with Crippen LogP contribution in [0, 0.1) is 12.8 Å². The predicted octanol–water partition coefficient (Wildman–Crippen LogP) is 4.82. The van der Waals surface area contributed by atoms with Crippen molar-refractivity contribution in [2.75, 3.05) is 18.4 Å². The zero-order chi connectivity index (χ0) is 27.2. The number of anilines is 1. The Morgan fingerprint density at radius 1 is 1.05 bits per heavy atom. The number of fused-ring (bicyclic) bond motifs is 1. The standard InChI is InChI=1S/C25H27N3O2.C2HF3O2/c1-16-10-11-20(28-24(29)19-12-13-26-15-19)14-23(16)25(30)27-17(2)21-9-5-7-18-6-3-4-8-22(18)21;3-2(4,5)1(6)7/h3-11,14,17,19,26H,12-13,15H2,1-2H3,(H,27,30)(H,28,29);(H,6,7)/t17-,19?;/m1./s1. The van der Waals surface area contributed by atoms with Gasteiger partial charge in [0.25, 0.3) is 5.91 Å². The molecule has 0 radical (unpaired) electrons. The maximum atomic E-state index is 13.0. The van der Waals surface area contributed by atoms with E-state index in [-0.39, 0.29) is 23.8 Å². The van der Waals surface area contributed by atoms with Gasteiger partial charge in [0.05, 0.1) is 12.0 Å². The molecular formula is C27H28F3N3O4. The number of aryl methyl sites for hydroxylation is 1. The monoisotopic (exact) mass is 515 g/mol. The van der Waals surface area contributed by atoms with Crippen molar-refractivity contribution in [3.8, 4) is 0 Å². The van der Waals surface area contributed by atoms with Crippen LogP contribution in [0.4, 0.5) is 18.9 Å². The van der Waals surface area contributed by atoms with Gasteiger partial charge in [-0.2, -0.15) is 13.2 Å². The van der Waals surface area contributed by atoms with E-state index < -0.39 is 12.1 Å². The minimum Gasteiger partial charge on any atom is -0.475 e. The van der Waals surface area contributed by atoms with Crippen molar-refractivity contribution in [2.24, 2.45) is 5.92 Å². The third-order valence-electron chi connectivity index (χ3n) is 6.06. The molecule has 3 aromatic carbocycles. The fraction of sp³-hybridized carbons (Fsp3) is 0.296. The number of nitrogens with one attached hydrogen (secondary N) is 3. The zero-order valence-corrected chi connectivity index (χ0v) is 20.4.